The lowest BCUT2D eigenvalue weighted by Crippen LogP contribution is -2.30. The molecule has 28 heavy (non-hydrogen) atoms. The van der Waals surface area contributed by atoms with Crippen molar-refractivity contribution < 1.29 is 19.1 Å². The van der Waals surface area contributed by atoms with E-state index in [2.05, 4.69) is 10.3 Å². The van der Waals surface area contributed by atoms with Gasteiger partial charge in [-0.05, 0) is 36.3 Å². The van der Waals surface area contributed by atoms with Gasteiger partial charge in [0.05, 0.1) is 17.3 Å². The van der Waals surface area contributed by atoms with Crippen molar-refractivity contribution in [2.24, 2.45) is 0 Å². The summed E-state index contributed by atoms with van der Waals surface area (Å²) >= 11 is 1.48. The summed E-state index contributed by atoms with van der Waals surface area (Å²) in [5.41, 5.74) is 1.89. The number of carbonyl (C=O) groups excluding carboxylic acids is 2. The van der Waals surface area contributed by atoms with Crippen molar-refractivity contribution in [2.45, 2.75) is 6.42 Å². The molecule has 0 aliphatic rings. The number of para-hydroxylation sites is 2. The molecule has 0 spiro atoms. The molecule has 0 bridgehead atoms. The van der Waals surface area contributed by atoms with Crippen molar-refractivity contribution in [1.82, 2.24) is 10.3 Å². The van der Waals surface area contributed by atoms with Crippen LogP contribution in [-0.4, -0.2) is 37.1 Å². The number of rotatable bonds is 8. The van der Waals surface area contributed by atoms with Gasteiger partial charge in [-0.1, -0.05) is 30.3 Å². The zero-order chi connectivity index (χ0) is 19.8. The largest absolute Gasteiger partial charge is 0.496 e. The first-order chi connectivity index (χ1) is 13.7. The number of benzene rings is 2. The van der Waals surface area contributed by atoms with Crippen LogP contribution in [0.4, 0.5) is 0 Å². The van der Waals surface area contributed by atoms with E-state index in [0.717, 1.165) is 21.5 Å². The molecule has 0 aliphatic heterocycles. The van der Waals surface area contributed by atoms with Gasteiger partial charge in [-0.15, -0.1) is 11.3 Å². The number of nitrogens with zero attached hydrogens (tertiary/aromatic N) is 1. The van der Waals surface area contributed by atoms with E-state index in [4.69, 9.17) is 9.47 Å². The van der Waals surface area contributed by atoms with Crippen LogP contribution < -0.4 is 10.1 Å². The normalized spacial score (nSPS) is 10.9. The molecule has 0 saturated carbocycles. The van der Waals surface area contributed by atoms with E-state index in [9.17, 15) is 9.59 Å². The highest BCUT2D eigenvalue weighted by atomic mass is 32.1. The standard InChI is InChI=1S/C21H20N2O4S/c1-26-17-8-4-2-6-15(17)12-13-22-19(24)14-27-21(25)11-10-20-23-16-7-3-5-9-18(16)28-20/h2-11H,12-14H2,1H3,(H,22,24)/b11-10+. The van der Waals surface area contributed by atoms with Crippen LogP contribution in [0.25, 0.3) is 16.3 Å². The molecule has 6 nitrogen and oxygen atoms in total. The third-order valence-corrected chi connectivity index (χ3v) is 4.93. The summed E-state index contributed by atoms with van der Waals surface area (Å²) in [5.74, 6) is -0.154. The molecule has 1 aromatic heterocycles. The lowest BCUT2D eigenvalue weighted by atomic mass is 10.1. The highest BCUT2D eigenvalue weighted by Gasteiger charge is 2.07. The second kappa shape index (κ2) is 9.66. The Morgan fingerprint density at radius 3 is 2.75 bits per heavy atom. The van der Waals surface area contributed by atoms with Gasteiger partial charge in [0, 0.05) is 12.6 Å². The maximum absolute atomic E-state index is 11.8. The number of aromatic nitrogens is 1. The molecule has 1 N–H and O–H groups in total. The van der Waals surface area contributed by atoms with Gasteiger partial charge in [0.1, 0.15) is 10.8 Å². The SMILES string of the molecule is COc1ccccc1CCNC(=O)COC(=O)/C=C/c1nc2ccccc2s1. The van der Waals surface area contributed by atoms with Crippen molar-refractivity contribution in [1.29, 1.82) is 0 Å². The minimum absolute atomic E-state index is 0.324. The van der Waals surface area contributed by atoms with Crippen LogP contribution in [0.1, 0.15) is 10.6 Å². The van der Waals surface area contributed by atoms with E-state index >= 15 is 0 Å². The van der Waals surface area contributed by atoms with Gasteiger partial charge in [-0.3, -0.25) is 4.79 Å². The van der Waals surface area contributed by atoms with Crippen molar-refractivity contribution >= 4 is 39.5 Å². The maximum Gasteiger partial charge on any atom is 0.331 e. The van der Waals surface area contributed by atoms with Crippen molar-refractivity contribution in [3.05, 3.63) is 65.2 Å². The van der Waals surface area contributed by atoms with Gasteiger partial charge in [-0.2, -0.15) is 0 Å². The smallest absolute Gasteiger partial charge is 0.331 e. The van der Waals surface area contributed by atoms with Gasteiger partial charge in [0.25, 0.3) is 5.91 Å². The minimum Gasteiger partial charge on any atom is -0.496 e. The second-order valence-electron chi connectivity index (χ2n) is 5.87. The lowest BCUT2D eigenvalue weighted by Gasteiger charge is -2.09. The van der Waals surface area contributed by atoms with E-state index < -0.39 is 5.97 Å². The van der Waals surface area contributed by atoms with E-state index in [1.807, 2.05) is 48.5 Å². The highest BCUT2D eigenvalue weighted by molar-refractivity contribution is 7.19. The Morgan fingerprint density at radius 2 is 1.93 bits per heavy atom. The minimum atomic E-state index is -0.584. The Morgan fingerprint density at radius 1 is 1.14 bits per heavy atom. The first-order valence-corrected chi connectivity index (χ1v) is 9.56. The second-order valence-corrected chi connectivity index (χ2v) is 6.93. The number of hydrogen-bond donors (Lipinski definition) is 1. The first-order valence-electron chi connectivity index (χ1n) is 8.74. The predicted octanol–water partition coefficient (Wildman–Crippen LogP) is 3.22. The number of ether oxygens (including phenoxy) is 2. The van der Waals surface area contributed by atoms with Crippen LogP contribution in [0, 0.1) is 0 Å². The summed E-state index contributed by atoms with van der Waals surface area (Å²) in [6, 6.07) is 15.4. The monoisotopic (exact) mass is 396 g/mol. The van der Waals surface area contributed by atoms with Crippen LogP contribution in [0.3, 0.4) is 0 Å². The number of amides is 1. The molecule has 0 aliphatic carbocycles. The average Bonchev–Trinajstić information content (AvgIpc) is 3.14. The average molecular weight is 396 g/mol. The van der Waals surface area contributed by atoms with Gasteiger partial charge in [0.2, 0.25) is 0 Å². The number of methoxy groups -OCH3 is 1. The van der Waals surface area contributed by atoms with Gasteiger partial charge >= 0.3 is 5.97 Å². The number of fused-ring (bicyclic) bond motifs is 1. The zero-order valence-corrected chi connectivity index (χ0v) is 16.2. The molecule has 1 amide bonds. The molecule has 0 atom stereocenters. The number of nitrogens with one attached hydrogen (secondary N) is 1. The van der Waals surface area contributed by atoms with E-state index in [1.54, 1.807) is 13.2 Å². The maximum atomic E-state index is 11.8. The molecule has 0 fully saturated rings. The summed E-state index contributed by atoms with van der Waals surface area (Å²) in [7, 11) is 1.61. The number of thiazole rings is 1. The van der Waals surface area contributed by atoms with E-state index in [-0.39, 0.29) is 12.5 Å². The first kappa shape index (κ1) is 19.6. The summed E-state index contributed by atoms with van der Waals surface area (Å²) in [6.45, 7) is 0.104. The molecule has 144 valence electrons. The fourth-order valence-electron chi connectivity index (χ4n) is 2.58. The molecular weight excluding hydrogens is 376 g/mol. The van der Waals surface area contributed by atoms with Crippen LogP contribution in [-0.2, 0) is 20.7 Å². The van der Waals surface area contributed by atoms with Crippen molar-refractivity contribution in [2.75, 3.05) is 20.3 Å². The van der Waals surface area contributed by atoms with Crippen LogP contribution >= 0.6 is 11.3 Å². The van der Waals surface area contributed by atoms with Crippen molar-refractivity contribution in [3.8, 4) is 5.75 Å². The third-order valence-electron chi connectivity index (χ3n) is 3.93. The van der Waals surface area contributed by atoms with Gasteiger partial charge < -0.3 is 14.8 Å². The Kier molecular flexibility index (Phi) is 6.75. The molecule has 7 heteroatoms. The molecule has 0 saturated heterocycles. The van der Waals surface area contributed by atoms with Gasteiger partial charge in [0.15, 0.2) is 6.61 Å². The number of esters is 1. The highest BCUT2D eigenvalue weighted by Crippen LogP contribution is 2.22. The fourth-order valence-corrected chi connectivity index (χ4v) is 3.45. The zero-order valence-electron chi connectivity index (χ0n) is 15.4. The lowest BCUT2D eigenvalue weighted by molar-refractivity contribution is -0.143. The summed E-state index contributed by atoms with van der Waals surface area (Å²) in [4.78, 5) is 28.0. The topological polar surface area (TPSA) is 77.5 Å². The summed E-state index contributed by atoms with van der Waals surface area (Å²) in [5, 5.41) is 3.43. The molecule has 0 radical (unpaired) electrons. The number of carbonyl (C=O) groups is 2. The summed E-state index contributed by atoms with van der Waals surface area (Å²) in [6.07, 6.45) is 3.49. The number of hydrogen-bond acceptors (Lipinski definition) is 6. The van der Waals surface area contributed by atoms with Crippen LogP contribution in [0.15, 0.2) is 54.6 Å². The molecule has 3 aromatic rings. The Hall–Kier alpha value is -3.19. The Balaban J connectivity index is 1.40. The Bertz CT molecular complexity index is 964. The van der Waals surface area contributed by atoms with Crippen LogP contribution in [0.2, 0.25) is 0 Å². The molecule has 3 rings (SSSR count). The van der Waals surface area contributed by atoms with Crippen LogP contribution in [0.5, 0.6) is 5.75 Å². The van der Waals surface area contributed by atoms with Crippen molar-refractivity contribution in [3.63, 3.8) is 0 Å². The Labute approximate surface area is 166 Å². The molecular formula is C21H20N2O4S. The quantitative estimate of drug-likeness (QED) is 0.467. The summed E-state index contributed by atoms with van der Waals surface area (Å²) < 4.78 is 11.3. The predicted molar refractivity (Wildman–Crippen MR) is 109 cm³/mol. The van der Waals surface area contributed by atoms with E-state index in [1.165, 1.54) is 17.4 Å². The van der Waals surface area contributed by atoms with E-state index in [0.29, 0.717) is 18.0 Å². The fraction of sp³-hybridized carbons (Fsp3) is 0.190. The molecule has 1 heterocycles. The molecule has 2 aromatic carbocycles. The third kappa shape index (κ3) is 5.40. The molecule has 0 unspecified atom stereocenters. The van der Waals surface area contributed by atoms with Gasteiger partial charge in [-0.25, -0.2) is 9.78 Å².